The van der Waals surface area contributed by atoms with E-state index < -0.39 is 0 Å². The minimum Gasteiger partial charge on any atom is -0.302 e. The highest BCUT2D eigenvalue weighted by Gasteiger charge is 2.41. The minimum absolute atomic E-state index is 0.226. The van der Waals surface area contributed by atoms with E-state index in [1.807, 2.05) is 18.8 Å². The number of thioether (sulfide) groups is 1. The lowest BCUT2D eigenvalue weighted by Crippen LogP contribution is -2.45. The van der Waals surface area contributed by atoms with E-state index in [2.05, 4.69) is 25.2 Å². The van der Waals surface area contributed by atoms with Gasteiger partial charge in [0.25, 0.3) is 0 Å². The Morgan fingerprint density at radius 2 is 2.38 bits per heavy atom. The van der Waals surface area contributed by atoms with Crippen LogP contribution in [0.2, 0.25) is 0 Å². The van der Waals surface area contributed by atoms with Crippen LogP contribution in [0.25, 0.3) is 0 Å². The molecule has 1 saturated carbocycles. The summed E-state index contributed by atoms with van der Waals surface area (Å²) in [4.78, 5) is 0. The molecule has 0 radical (unpaired) electrons. The molecule has 0 spiro atoms. The molecule has 0 aliphatic heterocycles. The van der Waals surface area contributed by atoms with Crippen LogP contribution in [-0.2, 0) is 0 Å². The fraction of sp³-hybridized carbons (Fsp3) is 0.923. The Morgan fingerprint density at radius 3 is 2.94 bits per heavy atom. The number of hydrogen-bond donors (Lipinski definition) is 1. The Morgan fingerprint density at radius 1 is 1.62 bits per heavy atom. The molecule has 3 heteroatoms. The summed E-state index contributed by atoms with van der Waals surface area (Å²) in [7, 11) is 1.93. The van der Waals surface area contributed by atoms with Gasteiger partial charge in [-0.2, -0.15) is 17.0 Å². The highest BCUT2D eigenvalue weighted by atomic mass is 32.2. The third-order valence-corrected chi connectivity index (χ3v) is 5.28. The van der Waals surface area contributed by atoms with Crippen LogP contribution in [0.15, 0.2) is 0 Å². The number of hydrogen-bond acceptors (Lipinski definition) is 3. The number of nitrogens with zero attached hydrogens (tertiary/aromatic N) is 1. The zero-order valence-electron chi connectivity index (χ0n) is 10.8. The predicted molar refractivity (Wildman–Crippen MR) is 71.6 cm³/mol. The predicted octanol–water partition coefficient (Wildman–Crippen LogP) is 3.19. The van der Waals surface area contributed by atoms with Crippen molar-refractivity contribution in [2.24, 2.45) is 5.92 Å². The zero-order valence-corrected chi connectivity index (χ0v) is 11.6. The van der Waals surface area contributed by atoms with Crippen molar-refractivity contribution in [2.45, 2.75) is 56.7 Å². The first-order valence-electron chi connectivity index (χ1n) is 6.40. The van der Waals surface area contributed by atoms with Crippen molar-refractivity contribution in [1.29, 1.82) is 5.26 Å². The molecule has 92 valence electrons. The Balaban J connectivity index is 2.39. The van der Waals surface area contributed by atoms with Crippen LogP contribution in [0.5, 0.6) is 0 Å². The Kier molecular flexibility index (Phi) is 5.64. The highest BCUT2D eigenvalue weighted by molar-refractivity contribution is 7.99. The summed E-state index contributed by atoms with van der Waals surface area (Å²) in [5.74, 6) is 1.75. The summed E-state index contributed by atoms with van der Waals surface area (Å²) in [5.41, 5.74) is -0.226. The van der Waals surface area contributed by atoms with Crippen LogP contribution in [0, 0.1) is 17.2 Å². The first-order valence-corrected chi connectivity index (χ1v) is 7.45. The van der Waals surface area contributed by atoms with Crippen LogP contribution in [0.3, 0.4) is 0 Å². The van der Waals surface area contributed by atoms with Crippen molar-refractivity contribution >= 4 is 11.8 Å². The normalized spacial score (nSPS) is 31.2. The fourth-order valence-electron chi connectivity index (χ4n) is 2.53. The maximum Gasteiger partial charge on any atom is 0.109 e. The van der Waals surface area contributed by atoms with E-state index in [0.717, 1.165) is 11.7 Å². The van der Waals surface area contributed by atoms with Crippen LogP contribution >= 0.6 is 11.8 Å². The third-order valence-electron chi connectivity index (χ3n) is 3.91. The van der Waals surface area contributed by atoms with Crippen molar-refractivity contribution in [1.82, 2.24) is 5.32 Å². The van der Waals surface area contributed by atoms with Crippen molar-refractivity contribution in [3.05, 3.63) is 0 Å². The molecule has 2 nitrogen and oxygen atoms in total. The average molecular weight is 240 g/mol. The number of rotatable bonds is 6. The lowest BCUT2D eigenvalue weighted by Gasteiger charge is -2.28. The second kappa shape index (κ2) is 6.51. The SMILES string of the molecule is CCC(C)SCCC1CCCC1(C#N)NC. The molecule has 0 heterocycles. The highest BCUT2D eigenvalue weighted by Crippen LogP contribution is 2.38. The molecule has 0 amide bonds. The largest absolute Gasteiger partial charge is 0.302 e. The lowest BCUT2D eigenvalue weighted by molar-refractivity contribution is 0.332. The summed E-state index contributed by atoms with van der Waals surface area (Å²) in [6, 6.07) is 2.51. The molecule has 1 rings (SSSR count). The summed E-state index contributed by atoms with van der Waals surface area (Å²) < 4.78 is 0. The second-order valence-electron chi connectivity index (χ2n) is 4.80. The van der Waals surface area contributed by atoms with Gasteiger partial charge in [0.1, 0.15) is 5.54 Å². The molecule has 0 bridgehead atoms. The van der Waals surface area contributed by atoms with E-state index in [-0.39, 0.29) is 5.54 Å². The molecule has 1 N–H and O–H groups in total. The smallest absolute Gasteiger partial charge is 0.109 e. The van der Waals surface area contributed by atoms with Crippen molar-refractivity contribution in [3.63, 3.8) is 0 Å². The van der Waals surface area contributed by atoms with Gasteiger partial charge in [0.2, 0.25) is 0 Å². The maximum atomic E-state index is 9.32. The van der Waals surface area contributed by atoms with Gasteiger partial charge in [-0.05, 0) is 44.4 Å². The van der Waals surface area contributed by atoms with Gasteiger partial charge in [0.05, 0.1) is 6.07 Å². The molecule has 3 atom stereocenters. The van der Waals surface area contributed by atoms with E-state index in [9.17, 15) is 5.26 Å². The molecule has 0 aromatic carbocycles. The Hall–Kier alpha value is -0.200. The number of nitrogens with one attached hydrogen (secondary N) is 1. The van der Waals surface area contributed by atoms with Gasteiger partial charge >= 0.3 is 0 Å². The summed E-state index contributed by atoms with van der Waals surface area (Å²) in [6.45, 7) is 4.52. The molecular formula is C13H24N2S. The molecule has 0 aromatic rings. The van der Waals surface area contributed by atoms with E-state index >= 15 is 0 Å². The topological polar surface area (TPSA) is 35.8 Å². The minimum atomic E-state index is -0.226. The standard InChI is InChI=1S/C13H24N2S/c1-4-11(2)16-9-7-12-6-5-8-13(12,10-14)15-3/h11-12,15H,4-9H2,1-3H3. The van der Waals surface area contributed by atoms with Gasteiger partial charge in [-0.25, -0.2) is 0 Å². The molecule has 0 saturated heterocycles. The van der Waals surface area contributed by atoms with Crippen LogP contribution in [-0.4, -0.2) is 23.6 Å². The average Bonchev–Trinajstić information content (AvgIpc) is 2.72. The summed E-state index contributed by atoms with van der Waals surface area (Å²) in [6.07, 6.45) is 5.87. The van der Waals surface area contributed by atoms with Gasteiger partial charge in [-0.3, -0.25) is 0 Å². The summed E-state index contributed by atoms with van der Waals surface area (Å²) >= 11 is 2.05. The quantitative estimate of drug-likeness (QED) is 0.774. The van der Waals surface area contributed by atoms with Gasteiger partial charge in [-0.1, -0.05) is 20.3 Å². The lowest BCUT2D eigenvalue weighted by atomic mass is 9.87. The van der Waals surface area contributed by atoms with Crippen molar-refractivity contribution < 1.29 is 0 Å². The van der Waals surface area contributed by atoms with Crippen LogP contribution in [0.1, 0.15) is 46.0 Å². The first-order chi connectivity index (χ1) is 7.68. The first kappa shape index (κ1) is 13.9. The summed E-state index contributed by atoms with van der Waals surface area (Å²) in [5, 5.41) is 13.3. The number of nitriles is 1. The zero-order chi connectivity index (χ0) is 12.0. The molecule has 1 fully saturated rings. The molecule has 3 unspecified atom stereocenters. The van der Waals surface area contributed by atoms with Crippen LogP contribution < -0.4 is 5.32 Å². The van der Waals surface area contributed by atoms with Crippen molar-refractivity contribution in [2.75, 3.05) is 12.8 Å². The van der Waals surface area contributed by atoms with E-state index in [1.54, 1.807) is 0 Å². The Labute approximate surface area is 104 Å². The second-order valence-corrected chi connectivity index (χ2v) is 6.35. The van der Waals surface area contributed by atoms with Crippen molar-refractivity contribution in [3.8, 4) is 6.07 Å². The van der Waals surface area contributed by atoms with Gasteiger partial charge in [0.15, 0.2) is 0 Å². The Bertz CT molecular complexity index is 249. The van der Waals surface area contributed by atoms with E-state index in [0.29, 0.717) is 5.92 Å². The monoisotopic (exact) mass is 240 g/mol. The molecule has 1 aliphatic carbocycles. The third kappa shape index (κ3) is 3.15. The van der Waals surface area contributed by atoms with Gasteiger partial charge < -0.3 is 5.32 Å². The fourth-order valence-corrected chi connectivity index (χ4v) is 3.59. The molecular weight excluding hydrogens is 216 g/mol. The van der Waals surface area contributed by atoms with Crippen LogP contribution in [0.4, 0.5) is 0 Å². The van der Waals surface area contributed by atoms with Gasteiger partial charge in [0, 0.05) is 5.25 Å². The molecule has 0 aromatic heterocycles. The van der Waals surface area contributed by atoms with E-state index in [4.69, 9.17) is 0 Å². The molecule has 1 aliphatic rings. The molecule has 16 heavy (non-hydrogen) atoms. The maximum absolute atomic E-state index is 9.32. The van der Waals surface area contributed by atoms with E-state index in [1.165, 1.54) is 31.4 Å². The van der Waals surface area contributed by atoms with Gasteiger partial charge in [-0.15, -0.1) is 0 Å².